The van der Waals surface area contributed by atoms with Crippen molar-refractivity contribution in [2.45, 2.75) is 46.6 Å². The van der Waals surface area contributed by atoms with Gasteiger partial charge in [0.2, 0.25) is 0 Å². The van der Waals surface area contributed by atoms with Gasteiger partial charge < -0.3 is 26.4 Å². The summed E-state index contributed by atoms with van der Waals surface area (Å²) in [6, 6.07) is 4.24. The predicted molar refractivity (Wildman–Crippen MR) is 172 cm³/mol. The molecule has 43 heavy (non-hydrogen) atoms. The van der Waals surface area contributed by atoms with Crippen molar-refractivity contribution in [3.8, 4) is 0 Å². The molecule has 0 saturated carbocycles. The molecule has 2 aliphatic rings. The smallest absolute Gasteiger partial charge is 0.280 e. The van der Waals surface area contributed by atoms with Crippen molar-refractivity contribution in [1.29, 1.82) is 0 Å². The normalized spacial score (nSPS) is 18.7. The maximum atomic E-state index is 12.8. The van der Waals surface area contributed by atoms with Gasteiger partial charge in [-0.15, -0.1) is 0 Å². The average molecular weight is 591 g/mol. The third kappa shape index (κ3) is 8.31. The Bertz CT molecular complexity index is 1380. The molecular weight excluding hydrogens is 544 g/mol. The van der Waals surface area contributed by atoms with Crippen LogP contribution in [0.3, 0.4) is 0 Å². The Labute approximate surface area is 254 Å². The number of aliphatic imine (C=N–C) groups is 1. The van der Waals surface area contributed by atoms with Crippen LogP contribution in [0.2, 0.25) is 0 Å². The minimum absolute atomic E-state index is 0.0201. The van der Waals surface area contributed by atoms with Crippen molar-refractivity contribution in [3.05, 3.63) is 65.6 Å². The summed E-state index contributed by atoms with van der Waals surface area (Å²) in [6.07, 6.45) is 10.1. The minimum atomic E-state index is -0.608. The van der Waals surface area contributed by atoms with Crippen molar-refractivity contribution >= 4 is 28.8 Å². The summed E-state index contributed by atoms with van der Waals surface area (Å²) < 4.78 is 0. The van der Waals surface area contributed by atoms with Crippen LogP contribution in [0.4, 0.5) is 11.4 Å². The molecule has 0 aliphatic carbocycles. The number of amidine groups is 1. The predicted octanol–water partition coefficient (Wildman–Crippen LogP) is 2.62. The number of rotatable bonds is 7. The van der Waals surface area contributed by atoms with Crippen LogP contribution in [0.1, 0.15) is 55.2 Å². The van der Waals surface area contributed by atoms with E-state index in [-0.39, 0.29) is 17.2 Å². The number of allylic oxidation sites excluding steroid dienone is 1. The highest BCUT2D eigenvalue weighted by molar-refractivity contribution is 6.06. The lowest BCUT2D eigenvalue weighted by Gasteiger charge is -2.42. The van der Waals surface area contributed by atoms with Crippen LogP contribution in [-0.2, 0) is 0 Å². The monoisotopic (exact) mass is 590 g/mol. The SMILES string of the molecule is Cc1ncc(C(=O)N=C(N)/C=C(\O)C(C)(C)C)cc1N(N)/C=C(\N)c1cncc(N2CCC(N3CCN(C)CC3)CC2)c1. The summed E-state index contributed by atoms with van der Waals surface area (Å²) in [5.74, 6) is 5.68. The zero-order valence-corrected chi connectivity index (χ0v) is 26.0. The van der Waals surface area contributed by atoms with Crippen LogP contribution in [0.5, 0.6) is 0 Å². The summed E-state index contributed by atoms with van der Waals surface area (Å²) in [5.41, 5.74) is 15.3. The first-order valence-electron chi connectivity index (χ1n) is 14.7. The number of aliphatic hydroxyl groups excluding tert-OH is 1. The molecule has 2 aromatic heterocycles. The van der Waals surface area contributed by atoms with Crippen LogP contribution < -0.4 is 27.2 Å². The lowest BCUT2D eigenvalue weighted by Crippen LogP contribution is -2.52. The number of hydrogen-bond donors (Lipinski definition) is 4. The Morgan fingerprint density at radius 2 is 1.72 bits per heavy atom. The molecule has 232 valence electrons. The molecule has 12 heteroatoms. The molecule has 1 amide bonds. The van der Waals surface area contributed by atoms with E-state index in [1.165, 1.54) is 17.3 Å². The van der Waals surface area contributed by atoms with Gasteiger partial charge in [-0.3, -0.25) is 24.7 Å². The Morgan fingerprint density at radius 3 is 2.37 bits per heavy atom. The number of carbonyl (C=O) groups is 1. The maximum Gasteiger partial charge on any atom is 0.280 e. The summed E-state index contributed by atoms with van der Waals surface area (Å²) in [7, 11) is 2.19. The highest BCUT2D eigenvalue weighted by Crippen LogP contribution is 2.26. The fourth-order valence-corrected chi connectivity index (χ4v) is 5.20. The molecule has 7 N–H and O–H groups in total. The molecule has 0 aromatic carbocycles. The quantitative estimate of drug-likeness (QED) is 0.123. The van der Waals surface area contributed by atoms with Gasteiger partial charge in [0.05, 0.1) is 34.5 Å². The molecule has 4 heterocycles. The number of hydrogen-bond acceptors (Lipinski definition) is 10. The van der Waals surface area contributed by atoms with Gasteiger partial charge in [0, 0.05) is 81.0 Å². The number of likely N-dealkylation sites (N-methyl/N-ethyl adjacent to an activating group) is 1. The van der Waals surface area contributed by atoms with Gasteiger partial charge >= 0.3 is 0 Å². The zero-order valence-electron chi connectivity index (χ0n) is 26.0. The summed E-state index contributed by atoms with van der Waals surface area (Å²) in [4.78, 5) is 32.8. The third-order valence-electron chi connectivity index (χ3n) is 8.09. The van der Waals surface area contributed by atoms with Gasteiger partial charge in [0.25, 0.3) is 5.91 Å². The third-order valence-corrected chi connectivity index (χ3v) is 8.09. The highest BCUT2D eigenvalue weighted by Gasteiger charge is 2.27. The van der Waals surface area contributed by atoms with Crippen LogP contribution >= 0.6 is 0 Å². The summed E-state index contributed by atoms with van der Waals surface area (Å²) in [6.45, 7) is 13.7. The van der Waals surface area contributed by atoms with Crippen molar-refractivity contribution in [2.24, 2.45) is 27.7 Å². The molecule has 0 unspecified atom stereocenters. The van der Waals surface area contributed by atoms with E-state index in [9.17, 15) is 9.90 Å². The van der Waals surface area contributed by atoms with Crippen molar-refractivity contribution in [3.63, 3.8) is 0 Å². The largest absolute Gasteiger partial charge is 0.512 e. The fourth-order valence-electron chi connectivity index (χ4n) is 5.20. The number of aromatic nitrogens is 2. The van der Waals surface area contributed by atoms with Crippen molar-refractivity contribution in [1.82, 2.24) is 19.8 Å². The number of aryl methyl sites for hydroxylation is 1. The van der Waals surface area contributed by atoms with Crippen LogP contribution in [0, 0.1) is 12.3 Å². The number of carbonyl (C=O) groups excluding carboxylic acids is 1. The van der Waals surface area contributed by atoms with Crippen LogP contribution in [-0.4, -0.2) is 89.0 Å². The number of aliphatic hydroxyl groups is 1. The van der Waals surface area contributed by atoms with Gasteiger partial charge in [-0.25, -0.2) is 5.84 Å². The first-order chi connectivity index (χ1) is 20.3. The van der Waals surface area contributed by atoms with Gasteiger partial charge in [-0.1, -0.05) is 20.8 Å². The second-order valence-corrected chi connectivity index (χ2v) is 12.4. The molecule has 12 nitrogen and oxygen atoms in total. The van der Waals surface area contributed by atoms with Gasteiger partial charge in [0.15, 0.2) is 0 Å². The Morgan fingerprint density at radius 1 is 1.05 bits per heavy atom. The Hall–Kier alpha value is -4.00. The lowest BCUT2D eigenvalue weighted by atomic mass is 9.93. The molecule has 2 fully saturated rings. The molecule has 0 spiro atoms. The lowest BCUT2D eigenvalue weighted by molar-refractivity contribution is 0.0982. The molecule has 4 rings (SSSR count). The zero-order chi connectivity index (χ0) is 31.3. The number of pyridine rings is 2. The molecule has 2 saturated heterocycles. The number of anilines is 2. The number of piperidine rings is 1. The van der Waals surface area contributed by atoms with E-state index >= 15 is 0 Å². The molecule has 2 aliphatic heterocycles. The van der Waals surface area contributed by atoms with E-state index in [0.29, 0.717) is 23.1 Å². The number of piperazine rings is 1. The van der Waals surface area contributed by atoms with E-state index in [1.54, 1.807) is 25.4 Å². The molecule has 2 aromatic rings. The number of nitrogens with two attached hydrogens (primary N) is 3. The molecule has 0 atom stereocenters. The van der Waals surface area contributed by atoms with Crippen molar-refractivity contribution < 1.29 is 9.90 Å². The van der Waals surface area contributed by atoms with E-state index < -0.39 is 11.3 Å². The minimum Gasteiger partial charge on any atom is -0.512 e. The standard InChI is InChI=1S/C31H46N10O2/c1-21-27(15-23(18-36-21)30(43)37-29(33)16-28(42)31(2,3)4)41(34)20-26(32)22-14-25(19-35-17-22)39-8-6-24(7-9-39)40-12-10-38(5)11-13-40/h14-20,24,42H,6-13,32,34H2,1-5H3,(H2,33,37,43)/b26-20-,28-16-. The van der Waals surface area contributed by atoms with Gasteiger partial charge in [-0.2, -0.15) is 4.99 Å². The number of nitrogens with zero attached hydrogens (tertiary/aromatic N) is 7. The van der Waals surface area contributed by atoms with E-state index in [0.717, 1.165) is 63.4 Å². The van der Waals surface area contributed by atoms with E-state index in [2.05, 4.69) is 36.7 Å². The Balaban J connectivity index is 1.44. The van der Waals surface area contributed by atoms with Gasteiger partial charge in [-0.05, 0) is 38.9 Å². The highest BCUT2D eigenvalue weighted by atomic mass is 16.3. The first-order valence-corrected chi connectivity index (χ1v) is 14.7. The molecule has 0 bridgehead atoms. The second-order valence-electron chi connectivity index (χ2n) is 12.4. The fraction of sp³-hybridized carbons (Fsp3) is 0.484. The van der Waals surface area contributed by atoms with Gasteiger partial charge in [0.1, 0.15) is 11.6 Å². The first kappa shape index (κ1) is 31.9. The number of hydrazine groups is 1. The maximum absolute atomic E-state index is 12.8. The average Bonchev–Trinajstić information content (AvgIpc) is 2.97. The van der Waals surface area contributed by atoms with E-state index in [4.69, 9.17) is 17.3 Å². The van der Waals surface area contributed by atoms with E-state index in [1.807, 2.05) is 33.0 Å². The summed E-state index contributed by atoms with van der Waals surface area (Å²) in [5, 5.41) is 11.5. The Kier molecular flexibility index (Phi) is 10.0. The van der Waals surface area contributed by atoms with Crippen molar-refractivity contribution in [2.75, 3.05) is 56.2 Å². The summed E-state index contributed by atoms with van der Waals surface area (Å²) >= 11 is 0. The molecule has 0 radical (unpaired) electrons. The van der Waals surface area contributed by atoms with Crippen LogP contribution in [0.25, 0.3) is 5.70 Å². The number of amides is 1. The molecular formula is C31H46N10O2. The van der Waals surface area contributed by atoms with Crippen LogP contribution in [0.15, 0.2) is 53.8 Å². The topological polar surface area (TPSA) is 166 Å². The second kappa shape index (κ2) is 13.5.